The smallest absolute Gasteiger partial charge is 0.158 e. The fourth-order valence-electron chi connectivity index (χ4n) is 2.82. The van der Waals surface area contributed by atoms with E-state index in [1.807, 2.05) is 25.6 Å². The van der Waals surface area contributed by atoms with Crippen molar-refractivity contribution < 1.29 is 4.74 Å². The molecule has 19 heavy (non-hydrogen) atoms. The molecule has 3 heterocycles. The molecule has 1 saturated heterocycles. The molecular weight excluding hydrogens is 264 g/mol. The van der Waals surface area contributed by atoms with Gasteiger partial charge in [-0.15, -0.1) is 11.6 Å². The largest absolute Gasteiger partial charge is 0.381 e. The van der Waals surface area contributed by atoms with Crippen molar-refractivity contribution in [2.75, 3.05) is 13.2 Å². The second-order valence-electron chi connectivity index (χ2n) is 5.31. The first kappa shape index (κ1) is 12.9. The third kappa shape index (κ3) is 2.15. The van der Waals surface area contributed by atoms with Crippen molar-refractivity contribution in [1.82, 2.24) is 19.3 Å². The van der Waals surface area contributed by atoms with Crippen LogP contribution in [0.15, 0.2) is 0 Å². The molecule has 2 aromatic rings. The molecular formula is C13H19ClN4O. The highest BCUT2D eigenvalue weighted by Gasteiger charge is 2.24. The van der Waals surface area contributed by atoms with E-state index in [2.05, 4.69) is 14.6 Å². The molecule has 6 heteroatoms. The van der Waals surface area contributed by atoms with Crippen LogP contribution in [0.3, 0.4) is 0 Å². The lowest BCUT2D eigenvalue weighted by molar-refractivity contribution is 0.182. The zero-order chi connectivity index (χ0) is 13.6. The van der Waals surface area contributed by atoms with E-state index in [0.717, 1.165) is 48.9 Å². The Morgan fingerprint density at radius 3 is 2.95 bits per heavy atom. The molecule has 1 aliphatic rings. The molecule has 0 aromatic carbocycles. The van der Waals surface area contributed by atoms with Crippen molar-refractivity contribution in [1.29, 1.82) is 0 Å². The minimum atomic E-state index is -0.103. The minimum Gasteiger partial charge on any atom is -0.381 e. The fourth-order valence-corrected chi connectivity index (χ4v) is 2.99. The number of ether oxygens (including phenoxy) is 1. The van der Waals surface area contributed by atoms with Crippen LogP contribution in [0.25, 0.3) is 11.2 Å². The van der Waals surface area contributed by atoms with Crippen LogP contribution in [-0.4, -0.2) is 32.5 Å². The summed E-state index contributed by atoms with van der Waals surface area (Å²) in [5, 5.41) is 4.34. The monoisotopic (exact) mass is 282 g/mol. The van der Waals surface area contributed by atoms with Gasteiger partial charge in [0, 0.05) is 26.1 Å². The molecule has 0 aliphatic carbocycles. The van der Waals surface area contributed by atoms with Gasteiger partial charge in [0.05, 0.1) is 17.7 Å². The standard InChI is InChI=1S/C13H19ClN4O/c1-8(14)12-15-11-9(2)16-17(3)13(11)18(12)6-10-4-5-19-7-10/h8,10H,4-7H2,1-3H3. The number of imidazole rings is 1. The first-order valence-corrected chi connectivity index (χ1v) is 7.13. The van der Waals surface area contributed by atoms with Gasteiger partial charge < -0.3 is 9.30 Å². The third-order valence-corrected chi connectivity index (χ3v) is 3.94. The van der Waals surface area contributed by atoms with Gasteiger partial charge in [-0.25, -0.2) is 4.98 Å². The van der Waals surface area contributed by atoms with Gasteiger partial charge in [-0.3, -0.25) is 4.68 Å². The van der Waals surface area contributed by atoms with E-state index in [0.29, 0.717) is 5.92 Å². The van der Waals surface area contributed by atoms with Gasteiger partial charge in [-0.05, 0) is 20.3 Å². The van der Waals surface area contributed by atoms with E-state index >= 15 is 0 Å². The van der Waals surface area contributed by atoms with Gasteiger partial charge in [-0.1, -0.05) is 0 Å². The van der Waals surface area contributed by atoms with E-state index in [9.17, 15) is 0 Å². The number of hydrogen-bond donors (Lipinski definition) is 0. The maximum atomic E-state index is 6.28. The van der Waals surface area contributed by atoms with Crippen LogP contribution >= 0.6 is 11.6 Å². The van der Waals surface area contributed by atoms with Crippen LogP contribution in [0.4, 0.5) is 0 Å². The normalized spacial score (nSPS) is 21.4. The lowest BCUT2D eigenvalue weighted by atomic mass is 10.1. The molecule has 0 N–H and O–H groups in total. The number of aromatic nitrogens is 4. The van der Waals surface area contributed by atoms with Gasteiger partial charge >= 0.3 is 0 Å². The molecule has 1 aliphatic heterocycles. The van der Waals surface area contributed by atoms with Crippen LogP contribution in [0.2, 0.25) is 0 Å². The maximum absolute atomic E-state index is 6.28. The van der Waals surface area contributed by atoms with Crippen molar-refractivity contribution in [2.24, 2.45) is 13.0 Å². The molecule has 5 nitrogen and oxygen atoms in total. The summed E-state index contributed by atoms with van der Waals surface area (Å²) < 4.78 is 9.58. The van der Waals surface area contributed by atoms with Crippen LogP contribution in [-0.2, 0) is 18.3 Å². The van der Waals surface area contributed by atoms with E-state index in [1.54, 1.807) is 0 Å². The Hall–Kier alpha value is -1.07. The van der Waals surface area contributed by atoms with Gasteiger partial charge in [0.25, 0.3) is 0 Å². The Bertz CT molecular complexity index is 595. The van der Waals surface area contributed by atoms with Crippen molar-refractivity contribution >= 4 is 22.8 Å². The number of halogens is 1. The minimum absolute atomic E-state index is 0.103. The second-order valence-corrected chi connectivity index (χ2v) is 5.96. The summed E-state index contributed by atoms with van der Waals surface area (Å²) in [5.74, 6) is 1.47. The number of aryl methyl sites for hydroxylation is 2. The zero-order valence-corrected chi connectivity index (χ0v) is 12.3. The average molecular weight is 283 g/mol. The highest BCUT2D eigenvalue weighted by atomic mass is 35.5. The lowest BCUT2D eigenvalue weighted by Gasteiger charge is -2.14. The lowest BCUT2D eigenvalue weighted by Crippen LogP contribution is -2.15. The molecule has 0 amide bonds. The van der Waals surface area contributed by atoms with Crippen LogP contribution in [0.5, 0.6) is 0 Å². The van der Waals surface area contributed by atoms with E-state index in [1.165, 1.54) is 0 Å². The molecule has 2 aromatic heterocycles. The predicted octanol–water partition coefficient (Wildman–Crippen LogP) is 2.41. The summed E-state index contributed by atoms with van der Waals surface area (Å²) in [6, 6.07) is 0. The quantitative estimate of drug-likeness (QED) is 0.812. The number of fused-ring (bicyclic) bond motifs is 1. The summed E-state index contributed by atoms with van der Waals surface area (Å²) in [6.45, 7) is 6.54. The number of rotatable bonds is 3. The third-order valence-electron chi connectivity index (χ3n) is 3.74. The summed E-state index contributed by atoms with van der Waals surface area (Å²) in [4.78, 5) is 4.68. The summed E-state index contributed by atoms with van der Waals surface area (Å²) in [6.07, 6.45) is 1.10. The van der Waals surface area contributed by atoms with Gasteiger partial charge in [0.2, 0.25) is 0 Å². The molecule has 0 radical (unpaired) electrons. The first-order chi connectivity index (χ1) is 9.08. The van der Waals surface area contributed by atoms with Crippen LogP contribution in [0.1, 0.15) is 30.2 Å². The molecule has 1 fully saturated rings. The van der Waals surface area contributed by atoms with Crippen molar-refractivity contribution in [3.8, 4) is 0 Å². The SMILES string of the molecule is Cc1nn(C)c2c1nc(C(C)Cl)n2CC1CCOC1. The van der Waals surface area contributed by atoms with E-state index in [4.69, 9.17) is 16.3 Å². The highest BCUT2D eigenvalue weighted by molar-refractivity contribution is 6.20. The van der Waals surface area contributed by atoms with Crippen molar-refractivity contribution in [3.63, 3.8) is 0 Å². The Morgan fingerprint density at radius 2 is 2.32 bits per heavy atom. The summed E-state index contributed by atoms with van der Waals surface area (Å²) in [7, 11) is 1.96. The number of hydrogen-bond acceptors (Lipinski definition) is 3. The van der Waals surface area contributed by atoms with Crippen molar-refractivity contribution in [2.45, 2.75) is 32.2 Å². The van der Waals surface area contributed by atoms with Gasteiger partial charge in [0.15, 0.2) is 5.65 Å². The number of nitrogens with zero attached hydrogens (tertiary/aromatic N) is 4. The Labute approximate surface area is 117 Å². The first-order valence-electron chi connectivity index (χ1n) is 6.69. The fraction of sp³-hybridized carbons (Fsp3) is 0.692. The molecule has 0 bridgehead atoms. The van der Waals surface area contributed by atoms with Gasteiger partial charge in [0.1, 0.15) is 11.3 Å². The topological polar surface area (TPSA) is 44.9 Å². The molecule has 3 rings (SSSR count). The molecule has 0 spiro atoms. The molecule has 0 saturated carbocycles. The average Bonchev–Trinajstić information content (AvgIpc) is 3.00. The molecule has 2 unspecified atom stereocenters. The highest BCUT2D eigenvalue weighted by Crippen LogP contribution is 2.28. The van der Waals surface area contributed by atoms with Crippen molar-refractivity contribution in [3.05, 3.63) is 11.5 Å². The van der Waals surface area contributed by atoms with E-state index in [-0.39, 0.29) is 5.38 Å². The molecule has 104 valence electrons. The number of alkyl halides is 1. The summed E-state index contributed by atoms with van der Waals surface area (Å²) >= 11 is 6.28. The Kier molecular flexibility index (Phi) is 3.27. The van der Waals surface area contributed by atoms with E-state index < -0.39 is 0 Å². The maximum Gasteiger partial charge on any atom is 0.158 e. The second kappa shape index (κ2) is 4.80. The van der Waals surface area contributed by atoms with Crippen LogP contribution in [0, 0.1) is 12.8 Å². The Balaban J connectivity index is 2.09. The predicted molar refractivity (Wildman–Crippen MR) is 74.4 cm³/mol. The Morgan fingerprint density at radius 1 is 1.53 bits per heavy atom. The van der Waals surface area contributed by atoms with Gasteiger partial charge in [-0.2, -0.15) is 5.10 Å². The zero-order valence-electron chi connectivity index (χ0n) is 11.6. The summed E-state index contributed by atoms with van der Waals surface area (Å²) in [5.41, 5.74) is 2.98. The van der Waals surface area contributed by atoms with Crippen LogP contribution < -0.4 is 0 Å². The molecule has 2 atom stereocenters.